The van der Waals surface area contributed by atoms with Crippen LogP contribution < -0.4 is 0 Å². The molecular formula is C39H24N4. The molecule has 0 saturated carbocycles. The van der Waals surface area contributed by atoms with Crippen molar-refractivity contribution in [3.05, 3.63) is 146 Å². The number of para-hydroxylation sites is 3. The Morgan fingerprint density at radius 3 is 2.16 bits per heavy atom. The van der Waals surface area contributed by atoms with E-state index in [-0.39, 0.29) is 0 Å². The van der Waals surface area contributed by atoms with E-state index in [4.69, 9.17) is 9.97 Å². The first-order valence-electron chi connectivity index (χ1n) is 14.5. The first-order valence-corrected chi connectivity index (χ1v) is 14.5. The van der Waals surface area contributed by atoms with E-state index < -0.39 is 0 Å². The van der Waals surface area contributed by atoms with Crippen LogP contribution in [0.25, 0.3) is 82.7 Å². The van der Waals surface area contributed by atoms with Gasteiger partial charge in [-0.15, -0.1) is 0 Å². The number of fused-ring (bicyclic) bond motifs is 8. The molecule has 0 saturated heterocycles. The minimum absolute atomic E-state index is 0.885. The normalized spacial score (nSPS) is 11.7. The molecule has 0 atom stereocenters. The lowest BCUT2D eigenvalue weighted by Crippen LogP contribution is -1.96. The Bertz CT molecular complexity index is 2510. The third kappa shape index (κ3) is 3.67. The van der Waals surface area contributed by atoms with E-state index in [1.165, 1.54) is 27.2 Å². The predicted molar refractivity (Wildman–Crippen MR) is 178 cm³/mol. The Labute approximate surface area is 247 Å². The van der Waals surface area contributed by atoms with Gasteiger partial charge in [0.15, 0.2) is 0 Å². The highest BCUT2D eigenvalue weighted by Crippen LogP contribution is 2.42. The van der Waals surface area contributed by atoms with Crippen molar-refractivity contribution >= 4 is 54.5 Å². The molecule has 0 amide bonds. The zero-order valence-electron chi connectivity index (χ0n) is 23.1. The fourth-order valence-electron chi connectivity index (χ4n) is 6.50. The van der Waals surface area contributed by atoms with Crippen LogP contribution in [0, 0.1) is 0 Å². The van der Waals surface area contributed by atoms with Gasteiger partial charge in [0.05, 0.1) is 39.0 Å². The number of hydrogen-bond donors (Lipinski definition) is 0. The number of benzene rings is 5. The maximum atomic E-state index is 5.28. The van der Waals surface area contributed by atoms with Gasteiger partial charge >= 0.3 is 0 Å². The van der Waals surface area contributed by atoms with Crippen LogP contribution in [0.1, 0.15) is 0 Å². The lowest BCUT2D eigenvalue weighted by atomic mass is 9.96. The number of pyridine rings is 3. The molecule has 0 radical (unpaired) electrons. The molecule has 0 aliphatic carbocycles. The Morgan fingerprint density at radius 1 is 0.465 bits per heavy atom. The Hall–Kier alpha value is -5.87. The molecule has 0 spiro atoms. The molecule has 4 heteroatoms. The van der Waals surface area contributed by atoms with E-state index in [1.807, 2.05) is 24.3 Å². The highest BCUT2D eigenvalue weighted by molar-refractivity contribution is 6.26. The van der Waals surface area contributed by atoms with E-state index in [9.17, 15) is 0 Å². The monoisotopic (exact) mass is 548 g/mol. The average molecular weight is 549 g/mol. The summed E-state index contributed by atoms with van der Waals surface area (Å²) in [6, 6.07) is 48.9. The van der Waals surface area contributed by atoms with Gasteiger partial charge in [-0.2, -0.15) is 0 Å². The fourth-order valence-corrected chi connectivity index (χ4v) is 6.50. The molecule has 0 aliphatic heterocycles. The molecule has 9 rings (SSSR count). The van der Waals surface area contributed by atoms with E-state index in [0.29, 0.717) is 0 Å². The summed E-state index contributed by atoms with van der Waals surface area (Å²) in [4.78, 5) is 14.6. The van der Waals surface area contributed by atoms with Crippen LogP contribution in [0.5, 0.6) is 0 Å². The molecule has 0 fully saturated rings. The third-order valence-electron chi connectivity index (χ3n) is 8.40. The van der Waals surface area contributed by atoms with Crippen LogP contribution in [0.3, 0.4) is 0 Å². The van der Waals surface area contributed by atoms with Crippen molar-refractivity contribution < 1.29 is 0 Å². The highest BCUT2D eigenvalue weighted by atomic mass is 15.0. The molecular weight excluding hydrogens is 524 g/mol. The third-order valence-corrected chi connectivity index (χ3v) is 8.40. The Morgan fingerprint density at radius 2 is 1.23 bits per heavy atom. The number of hydrogen-bond acceptors (Lipinski definition) is 3. The molecule has 0 N–H and O–H groups in total. The SMILES string of the molecule is c1ccc(-n2c3ccccc3c3ccc4c(-c5cccc(-c6ccc7ncccc7n6)c5)nc5ccccc5c4c32)cc1. The van der Waals surface area contributed by atoms with Crippen LogP contribution >= 0.6 is 0 Å². The summed E-state index contributed by atoms with van der Waals surface area (Å²) in [5, 5.41) is 5.95. The van der Waals surface area contributed by atoms with E-state index in [0.717, 1.165) is 55.5 Å². The smallest absolute Gasteiger partial charge is 0.0894 e. The first-order chi connectivity index (χ1) is 21.3. The van der Waals surface area contributed by atoms with Crippen molar-refractivity contribution in [3.8, 4) is 28.2 Å². The number of rotatable bonds is 3. The summed E-state index contributed by atoms with van der Waals surface area (Å²) in [5.41, 5.74) is 10.3. The van der Waals surface area contributed by atoms with Gasteiger partial charge in [-0.05, 0) is 54.6 Å². The molecule has 43 heavy (non-hydrogen) atoms. The van der Waals surface area contributed by atoms with Gasteiger partial charge in [-0.1, -0.05) is 84.9 Å². The summed E-state index contributed by atoms with van der Waals surface area (Å²) < 4.78 is 2.41. The second-order valence-corrected chi connectivity index (χ2v) is 10.9. The molecule has 0 aliphatic rings. The van der Waals surface area contributed by atoms with Crippen LogP contribution in [-0.2, 0) is 0 Å². The summed E-state index contributed by atoms with van der Waals surface area (Å²) >= 11 is 0. The summed E-state index contributed by atoms with van der Waals surface area (Å²) in [5.74, 6) is 0. The molecule has 4 aromatic heterocycles. The number of nitrogens with zero attached hydrogens (tertiary/aromatic N) is 4. The lowest BCUT2D eigenvalue weighted by molar-refractivity contribution is 1.19. The van der Waals surface area contributed by atoms with Gasteiger partial charge in [0.25, 0.3) is 0 Å². The highest BCUT2D eigenvalue weighted by Gasteiger charge is 2.19. The van der Waals surface area contributed by atoms with Gasteiger partial charge in [-0.3, -0.25) is 4.98 Å². The van der Waals surface area contributed by atoms with E-state index in [1.54, 1.807) is 6.20 Å². The molecule has 5 aromatic carbocycles. The Kier molecular flexibility index (Phi) is 5.16. The average Bonchev–Trinajstić information content (AvgIpc) is 3.42. The van der Waals surface area contributed by atoms with Crippen molar-refractivity contribution in [1.82, 2.24) is 19.5 Å². The molecule has 0 bridgehead atoms. The first kappa shape index (κ1) is 23.8. The van der Waals surface area contributed by atoms with Crippen molar-refractivity contribution in [1.29, 1.82) is 0 Å². The number of aromatic nitrogens is 4. The second-order valence-electron chi connectivity index (χ2n) is 10.9. The summed E-state index contributed by atoms with van der Waals surface area (Å²) in [7, 11) is 0. The van der Waals surface area contributed by atoms with Crippen molar-refractivity contribution in [2.24, 2.45) is 0 Å². The van der Waals surface area contributed by atoms with Crippen molar-refractivity contribution in [2.45, 2.75) is 0 Å². The standard InChI is InChI=1S/C39H24N4/c1-2-12-27(13-3-1)43-36-18-7-5-14-28(36)29-19-20-31-37(39(29)43)30-15-4-6-16-33(30)42-38(31)26-11-8-10-25(24-26)32-21-22-34-35(41-32)17-9-23-40-34/h1-24H. The topological polar surface area (TPSA) is 43.6 Å². The molecule has 200 valence electrons. The Balaban J connectivity index is 1.38. The minimum atomic E-state index is 0.885. The van der Waals surface area contributed by atoms with Gasteiger partial charge in [0.2, 0.25) is 0 Å². The fraction of sp³-hybridized carbons (Fsp3) is 0. The molecule has 0 unspecified atom stereocenters. The molecule has 9 aromatic rings. The molecule has 4 heterocycles. The van der Waals surface area contributed by atoms with Crippen LogP contribution in [0.15, 0.2) is 146 Å². The molecule has 4 nitrogen and oxygen atoms in total. The quantitative estimate of drug-likeness (QED) is 0.206. The second kappa shape index (κ2) is 9.33. The maximum Gasteiger partial charge on any atom is 0.0894 e. The zero-order valence-corrected chi connectivity index (χ0v) is 23.1. The summed E-state index contributed by atoms with van der Waals surface area (Å²) in [6.07, 6.45) is 1.80. The van der Waals surface area contributed by atoms with Gasteiger partial charge in [-0.25, -0.2) is 9.97 Å². The van der Waals surface area contributed by atoms with Gasteiger partial charge < -0.3 is 4.57 Å². The van der Waals surface area contributed by atoms with E-state index >= 15 is 0 Å². The van der Waals surface area contributed by atoms with Crippen LogP contribution in [0.4, 0.5) is 0 Å². The zero-order chi connectivity index (χ0) is 28.3. The van der Waals surface area contributed by atoms with Crippen molar-refractivity contribution in [3.63, 3.8) is 0 Å². The summed E-state index contributed by atoms with van der Waals surface area (Å²) in [6.45, 7) is 0. The maximum absolute atomic E-state index is 5.28. The minimum Gasteiger partial charge on any atom is -0.309 e. The largest absolute Gasteiger partial charge is 0.309 e. The predicted octanol–water partition coefficient (Wildman–Crippen LogP) is 9.76. The van der Waals surface area contributed by atoms with Gasteiger partial charge in [0.1, 0.15) is 0 Å². The van der Waals surface area contributed by atoms with E-state index in [2.05, 4.69) is 125 Å². The van der Waals surface area contributed by atoms with Crippen molar-refractivity contribution in [2.75, 3.05) is 0 Å². The van der Waals surface area contributed by atoms with Gasteiger partial charge in [0, 0.05) is 49.9 Å². The van der Waals surface area contributed by atoms with Crippen LogP contribution in [0.2, 0.25) is 0 Å². The lowest BCUT2D eigenvalue weighted by Gasteiger charge is -2.15. The van der Waals surface area contributed by atoms with Crippen LogP contribution in [-0.4, -0.2) is 19.5 Å².